The van der Waals surface area contributed by atoms with Gasteiger partial charge in [-0.15, -0.1) is 16.7 Å². The second-order valence-electron chi connectivity index (χ2n) is 3.28. The molecule has 0 saturated carbocycles. The van der Waals surface area contributed by atoms with Crippen molar-refractivity contribution < 1.29 is 9.47 Å². The number of ether oxygens (including phenoxy) is 2. The van der Waals surface area contributed by atoms with Crippen LogP contribution in [0, 0.1) is 0 Å². The van der Waals surface area contributed by atoms with Crippen LogP contribution in [-0.4, -0.2) is 41.9 Å². The second-order valence-corrected chi connectivity index (χ2v) is 3.55. The molecule has 0 aliphatic rings. The van der Waals surface area contributed by atoms with Crippen LogP contribution in [0.25, 0.3) is 0 Å². The molecule has 1 rings (SSSR count). The number of nitrogens with zero attached hydrogens (tertiary/aromatic N) is 3. The molecule has 92 valence electrons. The molecule has 0 spiro atoms. The van der Waals surface area contributed by atoms with Crippen LogP contribution in [0.15, 0.2) is 0 Å². The van der Waals surface area contributed by atoms with Crippen LogP contribution >= 0.6 is 11.6 Å². The second kappa shape index (κ2) is 7.60. The number of hydrogen-bond donors (Lipinski definition) is 0. The van der Waals surface area contributed by atoms with Gasteiger partial charge in [0.2, 0.25) is 0 Å². The first-order valence-electron chi connectivity index (χ1n) is 5.37. The smallest absolute Gasteiger partial charge is 0.101 e. The quantitative estimate of drug-likeness (QED) is 0.512. The van der Waals surface area contributed by atoms with Gasteiger partial charge in [-0.05, 0) is 6.92 Å². The van der Waals surface area contributed by atoms with Crippen molar-refractivity contribution in [3.8, 4) is 0 Å². The first-order chi connectivity index (χ1) is 7.83. The van der Waals surface area contributed by atoms with Crippen LogP contribution in [0.3, 0.4) is 0 Å². The van der Waals surface area contributed by atoms with E-state index in [4.69, 9.17) is 21.1 Å². The van der Waals surface area contributed by atoms with E-state index in [1.54, 1.807) is 7.11 Å². The summed E-state index contributed by atoms with van der Waals surface area (Å²) in [5.74, 6) is 0.383. The molecule has 0 amide bonds. The third kappa shape index (κ3) is 3.73. The molecule has 1 aromatic rings. The molecule has 5 nitrogen and oxygen atoms in total. The van der Waals surface area contributed by atoms with E-state index in [0.717, 1.165) is 17.8 Å². The van der Waals surface area contributed by atoms with Gasteiger partial charge in [0.15, 0.2) is 0 Å². The lowest BCUT2D eigenvalue weighted by Crippen LogP contribution is -2.12. The van der Waals surface area contributed by atoms with Gasteiger partial charge in [-0.2, -0.15) is 0 Å². The molecular weight excluding hydrogens is 230 g/mol. The molecule has 0 unspecified atom stereocenters. The van der Waals surface area contributed by atoms with Crippen LogP contribution in [0.2, 0.25) is 0 Å². The Labute approximate surface area is 101 Å². The molecule has 6 heteroatoms. The maximum atomic E-state index is 5.80. The minimum absolute atomic E-state index is 0.383. The van der Waals surface area contributed by atoms with E-state index < -0.39 is 0 Å². The summed E-state index contributed by atoms with van der Waals surface area (Å²) in [6.07, 6.45) is 0.775. The van der Waals surface area contributed by atoms with E-state index in [1.165, 1.54) is 0 Å². The Balaban J connectivity index is 2.62. The highest BCUT2D eigenvalue weighted by atomic mass is 35.5. The van der Waals surface area contributed by atoms with Crippen molar-refractivity contribution in [3.05, 3.63) is 11.4 Å². The van der Waals surface area contributed by atoms with Gasteiger partial charge in [-0.25, -0.2) is 4.68 Å². The first kappa shape index (κ1) is 13.4. The van der Waals surface area contributed by atoms with Crippen molar-refractivity contribution in [1.29, 1.82) is 0 Å². The zero-order valence-corrected chi connectivity index (χ0v) is 10.5. The van der Waals surface area contributed by atoms with E-state index >= 15 is 0 Å². The summed E-state index contributed by atoms with van der Waals surface area (Å²) in [6, 6.07) is 0. The summed E-state index contributed by atoms with van der Waals surface area (Å²) in [5.41, 5.74) is 1.87. The fraction of sp³-hybridized carbons (Fsp3) is 0.800. The van der Waals surface area contributed by atoms with Crippen LogP contribution in [0.4, 0.5) is 0 Å². The maximum absolute atomic E-state index is 5.80. The molecule has 16 heavy (non-hydrogen) atoms. The van der Waals surface area contributed by atoms with Crippen molar-refractivity contribution in [1.82, 2.24) is 15.0 Å². The van der Waals surface area contributed by atoms with Gasteiger partial charge < -0.3 is 9.47 Å². The van der Waals surface area contributed by atoms with Crippen molar-refractivity contribution >= 4 is 11.6 Å². The summed E-state index contributed by atoms with van der Waals surface area (Å²) in [5, 5.41) is 8.09. The normalized spacial score (nSPS) is 10.9. The molecule has 0 aliphatic heterocycles. The van der Waals surface area contributed by atoms with Gasteiger partial charge in [0.1, 0.15) is 5.69 Å². The SMILES string of the molecule is CCOCCn1nnc(CCl)c1CCOC. The first-order valence-corrected chi connectivity index (χ1v) is 5.90. The summed E-state index contributed by atoms with van der Waals surface area (Å²) >= 11 is 5.80. The van der Waals surface area contributed by atoms with E-state index in [2.05, 4.69) is 10.3 Å². The molecule has 0 bridgehead atoms. The zero-order chi connectivity index (χ0) is 11.8. The minimum atomic E-state index is 0.383. The van der Waals surface area contributed by atoms with Crippen LogP contribution < -0.4 is 0 Å². The number of methoxy groups -OCH3 is 1. The molecule has 0 aliphatic carbocycles. The van der Waals surface area contributed by atoms with Gasteiger partial charge in [0.05, 0.1) is 31.3 Å². The van der Waals surface area contributed by atoms with Gasteiger partial charge in [-0.1, -0.05) is 5.21 Å². The Morgan fingerprint density at radius 3 is 2.81 bits per heavy atom. The Morgan fingerprint density at radius 1 is 1.38 bits per heavy atom. The number of rotatable bonds is 8. The van der Waals surface area contributed by atoms with Gasteiger partial charge >= 0.3 is 0 Å². The Morgan fingerprint density at radius 2 is 2.19 bits per heavy atom. The zero-order valence-electron chi connectivity index (χ0n) is 9.78. The van der Waals surface area contributed by atoms with E-state index in [9.17, 15) is 0 Å². The monoisotopic (exact) mass is 247 g/mol. The largest absolute Gasteiger partial charge is 0.384 e. The average molecular weight is 248 g/mol. The minimum Gasteiger partial charge on any atom is -0.384 e. The molecule has 0 N–H and O–H groups in total. The Kier molecular flexibility index (Phi) is 6.37. The number of hydrogen-bond acceptors (Lipinski definition) is 4. The predicted molar refractivity (Wildman–Crippen MR) is 61.7 cm³/mol. The highest BCUT2D eigenvalue weighted by molar-refractivity contribution is 6.16. The Bertz CT molecular complexity index is 304. The molecule has 1 heterocycles. The maximum Gasteiger partial charge on any atom is 0.101 e. The van der Waals surface area contributed by atoms with Crippen molar-refractivity contribution in [2.75, 3.05) is 26.9 Å². The fourth-order valence-corrected chi connectivity index (χ4v) is 1.63. The van der Waals surface area contributed by atoms with Crippen molar-refractivity contribution in [2.24, 2.45) is 0 Å². The molecular formula is C10H18ClN3O2. The summed E-state index contributed by atoms with van der Waals surface area (Å²) < 4.78 is 12.2. The number of aromatic nitrogens is 3. The lowest BCUT2D eigenvalue weighted by atomic mass is 10.2. The third-order valence-corrected chi connectivity index (χ3v) is 2.49. The number of halogens is 1. The van der Waals surface area contributed by atoms with Crippen molar-refractivity contribution in [3.63, 3.8) is 0 Å². The summed E-state index contributed by atoms with van der Waals surface area (Å²) in [7, 11) is 1.68. The van der Waals surface area contributed by atoms with Gasteiger partial charge in [-0.3, -0.25) is 0 Å². The molecule has 0 aromatic carbocycles. The highest BCUT2D eigenvalue weighted by Crippen LogP contribution is 2.09. The molecule has 0 fully saturated rings. The average Bonchev–Trinajstić information content (AvgIpc) is 2.69. The molecule has 0 saturated heterocycles. The van der Waals surface area contributed by atoms with Gasteiger partial charge in [0.25, 0.3) is 0 Å². The van der Waals surface area contributed by atoms with E-state index in [1.807, 2.05) is 11.6 Å². The molecule has 0 radical (unpaired) electrons. The Hall–Kier alpha value is -0.650. The van der Waals surface area contributed by atoms with E-state index in [-0.39, 0.29) is 0 Å². The topological polar surface area (TPSA) is 49.2 Å². The van der Waals surface area contributed by atoms with Crippen LogP contribution in [0.1, 0.15) is 18.3 Å². The highest BCUT2D eigenvalue weighted by Gasteiger charge is 2.11. The van der Waals surface area contributed by atoms with E-state index in [0.29, 0.717) is 32.2 Å². The van der Waals surface area contributed by atoms with Crippen LogP contribution in [-0.2, 0) is 28.3 Å². The lowest BCUT2D eigenvalue weighted by molar-refractivity contribution is 0.134. The third-order valence-electron chi connectivity index (χ3n) is 2.24. The summed E-state index contributed by atoms with van der Waals surface area (Å²) in [4.78, 5) is 0. The van der Waals surface area contributed by atoms with Crippen molar-refractivity contribution in [2.45, 2.75) is 25.8 Å². The van der Waals surface area contributed by atoms with Gasteiger partial charge in [0, 0.05) is 20.1 Å². The standard InChI is InChI=1S/C10H18ClN3O2/c1-3-16-7-5-14-10(4-6-15-2)9(8-11)12-13-14/h3-8H2,1-2H3. The predicted octanol–water partition coefficient (Wildman–Crippen LogP) is 1.24. The van der Waals surface area contributed by atoms with Crippen LogP contribution in [0.5, 0.6) is 0 Å². The summed E-state index contributed by atoms with van der Waals surface area (Å²) in [6.45, 7) is 4.67. The fourth-order valence-electron chi connectivity index (χ4n) is 1.42. The molecule has 0 atom stereocenters. The molecule has 1 aromatic heterocycles. The number of alkyl halides is 1. The lowest BCUT2D eigenvalue weighted by Gasteiger charge is -2.07.